The molecule has 0 aliphatic heterocycles. The highest BCUT2D eigenvalue weighted by Crippen LogP contribution is 1.99. The molecular formula is C10H20N2O4S. The lowest BCUT2D eigenvalue weighted by atomic mass is 10.2. The summed E-state index contributed by atoms with van der Waals surface area (Å²) in [5, 5.41) is 11.2. The molecule has 1 unspecified atom stereocenters. The number of amides is 2. The van der Waals surface area contributed by atoms with Crippen LogP contribution < -0.4 is 5.32 Å². The highest BCUT2D eigenvalue weighted by molar-refractivity contribution is 7.84. The zero-order chi connectivity index (χ0) is 13.4. The molecule has 7 heteroatoms. The van der Waals surface area contributed by atoms with Gasteiger partial charge >= 0.3 is 12.0 Å². The molecule has 0 heterocycles. The van der Waals surface area contributed by atoms with Crippen molar-refractivity contribution in [3.63, 3.8) is 0 Å². The quantitative estimate of drug-likeness (QED) is 0.683. The third kappa shape index (κ3) is 8.67. The van der Waals surface area contributed by atoms with Crippen molar-refractivity contribution in [1.29, 1.82) is 0 Å². The van der Waals surface area contributed by atoms with Crippen LogP contribution in [-0.4, -0.2) is 57.9 Å². The lowest BCUT2D eigenvalue weighted by molar-refractivity contribution is -0.137. The fourth-order valence-corrected chi connectivity index (χ4v) is 1.63. The van der Waals surface area contributed by atoms with E-state index in [2.05, 4.69) is 5.32 Å². The molecule has 0 aliphatic rings. The number of nitrogens with zero attached hydrogens (tertiary/aromatic N) is 1. The highest BCUT2D eigenvalue weighted by Gasteiger charge is 2.17. The van der Waals surface area contributed by atoms with Crippen LogP contribution in [0.3, 0.4) is 0 Å². The van der Waals surface area contributed by atoms with E-state index >= 15 is 0 Å². The Balaban J connectivity index is 4.21. The minimum absolute atomic E-state index is 0.195. The molecule has 0 radical (unpaired) electrons. The van der Waals surface area contributed by atoms with E-state index in [9.17, 15) is 13.8 Å². The number of carbonyl (C=O) groups excluding carboxylic acids is 1. The number of aliphatic carboxylic acids is 1. The van der Waals surface area contributed by atoms with Crippen LogP contribution in [0.5, 0.6) is 0 Å². The molecule has 0 aromatic heterocycles. The molecule has 100 valence electrons. The Morgan fingerprint density at radius 1 is 1.41 bits per heavy atom. The molecule has 0 rings (SSSR count). The minimum atomic E-state index is -1.04. The van der Waals surface area contributed by atoms with Crippen LogP contribution in [0.15, 0.2) is 0 Å². The van der Waals surface area contributed by atoms with Gasteiger partial charge in [0, 0.05) is 35.9 Å². The van der Waals surface area contributed by atoms with Gasteiger partial charge in [0.15, 0.2) is 0 Å². The van der Waals surface area contributed by atoms with Gasteiger partial charge in [0.2, 0.25) is 0 Å². The van der Waals surface area contributed by atoms with Gasteiger partial charge in [0.05, 0.1) is 0 Å². The third-order valence-corrected chi connectivity index (χ3v) is 2.64. The smallest absolute Gasteiger partial charge is 0.323 e. The summed E-state index contributed by atoms with van der Waals surface area (Å²) in [7, 11) is -0.966. The van der Waals surface area contributed by atoms with Crippen molar-refractivity contribution >= 4 is 22.8 Å². The highest BCUT2D eigenvalue weighted by atomic mass is 32.2. The second-order valence-electron chi connectivity index (χ2n) is 4.18. The zero-order valence-corrected chi connectivity index (χ0v) is 11.2. The van der Waals surface area contributed by atoms with Crippen molar-refractivity contribution in [3.05, 3.63) is 0 Å². The van der Waals surface area contributed by atoms with Crippen molar-refractivity contribution in [3.8, 4) is 0 Å². The number of nitrogens with one attached hydrogen (secondary N) is 1. The van der Waals surface area contributed by atoms with Crippen LogP contribution in [0.1, 0.15) is 13.8 Å². The van der Waals surface area contributed by atoms with Gasteiger partial charge < -0.3 is 15.3 Å². The minimum Gasteiger partial charge on any atom is -0.480 e. The Bertz CT molecular complexity index is 294. The number of carboxylic acid groups (broad SMARTS) is 1. The molecule has 2 amide bonds. The fourth-order valence-electron chi connectivity index (χ4n) is 1.24. The normalized spacial score (nSPS) is 12.2. The maximum absolute atomic E-state index is 11.6. The van der Waals surface area contributed by atoms with Crippen LogP contribution >= 0.6 is 0 Å². The number of carboxylic acids is 1. The van der Waals surface area contributed by atoms with Gasteiger partial charge in [-0.1, -0.05) is 13.8 Å². The molecule has 0 aliphatic carbocycles. The number of rotatable bonds is 7. The number of urea groups is 1. The van der Waals surface area contributed by atoms with Crippen LogP contribution in [0, 0.1) is 5.92 Å². The van der Waals surface area contributed by atoms with E-state index in [4.69, 9.17) is 5.11 Å². The van der Waals surface area contributed by atoms with Gasteiger partial charge in [-0.15, -0.1) is 0 Å². The van der Waals surface area contributed by atoms with Gasteiger partial charge in [-0.3, -0.25) is 9.00 Å². The maximum Gasteiger partial charge on any atom is 0.323 e. The average Bonchev–Trinajstić information content (AvgIpc) is 2.14. The van der Waals surface area contributed by atoms with Gasteiger partial charge in [0.1, 0.15) is 6.54 Å². The first-order valence-corrected chi connectivity index (χ1v) is 7.10. The van der Waals surface area contributed by atoms with Crippen LogP contribution in [0.4, 0.5) is 4.79 Å². The predicted octanol–water partition coefficient (Wildman–Crippen LogP) is 0.117. The molecule has 0 saturated carbocycles. The second-order valence-corrected chi connectivity index (χ2v) is 5.73. The van der Waals surface area contributed by atoms with Gasteiger partial charge in [-0.25, -0.2) is 4.79 Å². The van der Waals surface area contributed by atoms with Crippen LogP contribution in [0.25, 0.3) is 0 Å². The van der Waals surface area contributed by atoms with E-state index in [0.717, 1.165) is 0 Å². The molecule has 2 N–H and O–H groups in total. The molecule has 0 aromatic carbocycles. The molecule has 17 heavy (non-hydrogen) atoms. The van der Waals surface area contributed by atoms with E-state index in [1.165, 1.54) is 4.90 Å². The summed E-state index contributed by atoms with van der Waals surface area (Å²) in [6, 6.07) is -0.424. The van der Waals surface area contributed by atoms with Crippen molar-refractivity contribution in [2.75, 3.05) is 31.6 Å². The summed E-state index contributed by atoms with van der Waals surface area (Å²) < 4.78 is 10.8. The topological polar surface area (TPSA) is 86.7 Å². The summed E-state index contributed by atoms with van der Waals surface area (Å²) in [5.41, 5.74) is 0. The number of carbonyl (C=O) groups is 2. The summed E-state index contributed by atoms with van der Waals surface area (Å²) in [5.74, 6) is -0.478. The molecule has 0 saturated heterocycles. The summed E-state index contributed by atoms with van der Waals surface area (Å²) >= 11 is 0. The van der Waals surface area contributed by atoms with Gasteiger partial charge in [-0.05, 0) is 5.92 Å². The fraction of sp³-hybridized carbons (Fsp3) is 0.800. The lowest BCUT2D eigenvalue weighted by Gasteiger charge is -2.22. The first-order chi connectivity index (χ1) is 7.82. The van der Waals surface area contributed by atoms with E-state index in [1.807, 2.05) is 13.8 Å². The Morgan fingerprint density at radius 2 is 2.00 bits per heavy atom. The van der Waals surface area contributed by atoms with Crippen LogP contribution in [-0.2, 0) is 15.6 Å². The number of hydrogen-bond acceptors (Lipinski definition) is 3. The van der Waals surface area contributed by atoms with Crippen LogP contribution in [0.2, 0.25) is 0 Å². The Morgan fingerprint density at radius 3 is 2.41 bits per heavy atom. The SMILES string of the molecule is CC(C)CN(CC(=O)O)C(=O)NCCS(C)=O. The molecule has 0 fully saturated rings. The second kappa shape index (κ2) is 8.05. The molecule has 0 bridgehead atoms. The van der Waals surface area contributed by atoms with Crippen molar-refractivity contribution in [1.82, 2.24) is 10.2 Å². The Hall–Kier alpha value is -1.11. The summed E-state index contributed by atoms with van der Waals surface area (Å²) in [6.45, 7) is 4.16. The van der Waals surface area contributed by atoms with Gasteiger partial charge in [0.25, 0.3) is 0 Å². The van der Waals surface area contributed by atoms with Crippen molar-refractivity contribution in [2.45, 2.75) is 13.8 Å². The van der Waals surface area contributed by atoms with E-state index in [-0.39, 0.29) is 19.0 Å². The first kappa shape index (κ1) is 15.9. The van der Waals surface area contributed by atoms with Gasteiger partial charge in [-0.2, -0.15) is 0 Å². The monoisotopic (exact) mass is 264 g/mol. The summed E-state index contributed by atoms with van der Waals surface area (Å²) in [4.78, 5) is 23.5. The van der Waals surface area contributed by atoms with Crippen molar-refractivity contribution in [2.24, 2.45) is 5.92 Å². The zero-order valence-electron chi connectivity index (χ0n) is 10.4. The Labute approximate surface area is 104 Å². The first-order valence-electron chi connectivity index (χ1n) is 5.37. The molecule has 6 nitrogen and oxygen atoms in total. The standard InChI is InChI=1S/C10H20N2O4S/c1-8(2)6-12(7-9(13)14)10(15)11-4-5-17(3)16/h8H,4-7H2,1-3H3,(H,11,15)(H,13,14). The van der Waals surface area contributed by atoms with E-state index < -0.39 is 22.8 Å². The molecule has 0 aromatic rings. The lowest BCUT2D eigenvalue weighted by Crippen LogP contribution is -2.45. The van der Waals surface area contributed by atoms with E-state index in [0.29, 0.717) is 12.3 Å². The Kier molecular flexibility index (Phi) is 7.53. The molecular weight excluding hydrogens is 244 g/mol. The predicted molar refractivity (Wildman–Crippen MR) is 66.4 cm³/mol. The maximum atomic E-state index is 11.6. The number of hydrogen-bond donors (Lipinski definition) is 2. The summed E-state index contributed by atoms with van der Waals surface area (Å²) in [6.07, 6.45) is 1.55. The molecule has 1 atom stereocenters. The van der Waals surface area contributed by atoms with E-state index in [1.54, 1.807) is 6.26 Å². The average molecular weight is 264 g/mol. The third-order valence-electron chi connectivity index (χ3n) is 1.86. The largest absolute Gasteiger partial charge is 0.480 e. The molecule has 0 spiro atoms. The van der Waals surface area contributed by atoms with Crippen molar-refractivity contribution < 1.29 is 18.9 Å².